The molecule has 0 fully saturated rings. The highest BCUT2D eigenvalue weighted by atomic mass is 32.2. The van der Waals surface area contributed by atoms with Crippen molar-refractivity contribution in [2.75, 3.05) is 11.5 Å². The van der Waals surface area contributed by atoms with Gasteiger partial charge in [0, 0.05) is 5.69 Å². The van der Waals surface area contributed by atoms with Crippen LogP contribution in [0.2, 0.25) is 0 Å². The van der Waals surface area contributed by atoms with Crippen molar-refractivity contribution < 1.29 is 8.42 Å². The van der Waals surface area contributed by atoms with Gasteiger partial charge in [-0.1, -0.05) is 0 Å². The van der Waals surface area contributed by atoms with E-state index in [0.717, 1.165) is 0 Å². The van der Waals surface area contributed by atoms with Gasteiger partial charge in [-0.2, -0.15) is 5.26 Å². The van der Waals surface area contributed by atoms with Crippen molar-refractivity contribution in [1.82, 2.24) is 0 Å². The lowest BCUT2D eigenvalue weighted by atomic mass is 9.90. The summed E-state index contributed by atoms with van der Waals surface area (Å²) in [6.07, 6.45) is 1.05. The number of hydrogen-bond acceptors (Lipinski definition) is 4. The Hall–Kier alpha value is -1.54. The smallest absolute Gasteiger partial charge is 0.178 e. The first-order chi connectivity index (χ1) is 8.68. The zero-order valence-electron chi connectivity index (χ0n) is 11.6. The third-order valence-electron chi connectivity index (χ3n) is 3.05. The molecule has 0 unspecified atom stereocenters. The Balaban J connectivity index is 2.80. The fourth-order valence-corrected chi connectivity index (χ4v) is 3.46. The van der Waals surface area contributed by atoms with Gasteiger partial charge in [0.15, 0.2) is 9.84 Å². The van der Waals surface area contributed by atoms with E-state index in [-0.39, 0.29) is 5.75 Å². The molecule has 5 heteroatoms. The van der Waals surface area contributed by atoms with Crippen LogP contribution in [0.5, 0.6) is 0 Å². The van der Waals surface area contributed by atoms with Crippen LogP contribution >= 0.6 is 0 Å². The van der Waals surface area contributed by atoms with E-state index in [1.54, 1.807) is 25.1 Å². The average molecular weight is 280 g/mol. The first-order valence-corrected chi connectivity index (χ1v) is 7.83. The van der Waals surface area contributed by atoms with Gasteiger partial charge in [-0.05, 0) is 57.4 Å². The molecule has 0 spiro atoms. The van der Waals surface area contributed by atoms with Crippen LogP contribution in [0.3, 0.4) is 0 Å². The van der Waals surface area contributed by atoms with Crippen LogP contribution in [0.25, 0.3) is 0 Å². The van der Waals surface area contributed by atoms with Crippen molar-refractivity contribution in [3.8, 4) is 6.07 Å². The number of hydrogen-bond donors (Lipinski definition) is 1. The predicted molar refractivity (Wildman–Crippen MR) is 76.3 cm³/mol. The number of aryl methyl sites for hydroxylation is 1. The van der Waals surface area contributed by atoms with Gasteiger partial charge in [-0.25, -0.2) is 8.42 Å². The summed E-state index contributed by atoms with van der Waals surface area (Å²) in [5, 5.41) is 8.90. The molecule has 0 radical (unpaired) electrons. The van der Waals surface area contributed by atoms with E-state index in [0.29, 0.717) is 29.0 Å². The summed E-state index contributed by atoms with van der Waals surface area (Å²) in [7, 11) is -3.30. The van der Waals surface area contributed by atoms with Gasteiger partial charge < -0.3 is 5.73 Å². The summed E-state index contributed by atoms with van der Waals surface area (Å²) in [4.78, 5) is 0.330. The molecule has 0 atom stereocenters. The Bertz CT molecular complexity index is 598. The van der Waals surface area contributed by atoms with Crippen molar-refractivity contribution in [3.63, 3.8) is 0 Å². The molecule has 0 saturated carbocycles. The second-order valence-electron chi connectivity index (χ2n) is 5.44. The zero-order chi connectivity index (χ0) is 14.7. The summed E-state index contributed by atoms with van der Waals surface area (Å²) in [5.41, 5.74) is 6.36. The zero-order valence-corrected chi connectivity index (χ0v) is 12.4. The molecule has 0 saturated heterocycles. The van der Waals surface area contributed by atoms with Crippen molar-refractivity contribution in [1.29, 1.82) is 5.26 Å². The lowest BCUT2D eigenvalue weighted by Crippen LogP contribution is -2.13. The molecular formula is C14H20N2O2S. The van der Waals surface area contributed by atoms with Gasteiger partial charge in [0.05, 0.1) is 22.1 Å². The summed E-state index contributed by atoms with van der Waals surface area (Å²) in [5.74, 6) is 0.0584. The maximum absolute atomic E-state index is 12.2. The summed E-state index contributed by atoms with van der Waals surface area (Å²) < 4.78 is 24.4. The van der Waals surface area contributed by atoms with Gasteiger partial charge in [-0.15, -0.1) is 0 Å². The topological polar surface area (TPSA) is 84.0 Å². The lowest BCUT2D eigenvalue weighted by molar-refractivity contribution is 0.445. The second kappa shape index (κ2) is 5.62. The van der Waals surface area contributed by atoms with E-state index >= 15 is 0 Å². The highest BCUT2D eigenvalue weighted by Crippen LogP contribution is 2.24. The van der Waals surface area contributed by atoms with E-state index < -0.39 is 15.3 Å². The van der Waals surface area contributed by atoms with Gasteiger partial charge in [-0.3, -0.25) is 0 Å². The molecule has 0 aliphatic rings. The maximum atomic E-state index is 12.2. The van der Waals surface area contributed by atoms with Crippen molar-refractivity contribution in [2.45, 2.75) is 38.5 Å². The average Bonchev–Trinajstić information content (AvgIpc) is 2.27. The molecule has 19 heavy (non-hydrogen) atoms. The van der Waals surface area contributed by atoms with Gasteiger partial charge in [0.25, 0.3) is 0 Å². The Morgan fingerprint density at radius 1 is 1.37 bits per heavy atom. The molecule has 4 nitrogen and oxygen atoms in total. The fourth-order valence-electron chi connectivity index (χ4n) is 1.89. The van der Waals surface area contributed by atoms with Crippen LogP contribution in [0, 0.1) is 23.7 Å². The normalized spacial score (nSPS) is 12.1. The molecule has 0 heterocycles. The van der Waals surface area contributed by atoms with Gasteiger partial charge in [0.2, 0.25) is 0 Å². The number of nitrogens with two attached hydrogens (primary N) is 1. The predicted octanol–water partition coefficient (Wildman–Crippen LogP) is 2.68. The van der Waals surface area contributed by atoms with Crippen molar-refractivity contribution in [3.05, 3.63) is 23.8 Å². The number of nitrogen functional groups attached to an aromatic ring is 1. The molecular weight excluding hydrogens is 260 g/mol. The minimum atomic E-state index is -3.30. The van der Waals surface area contributed by atoms with Crippen molar-refractivity contribution >= 4 is 15.5 Å². The number of nitriles is 1. The van der Waals surface area contributed by atoms with Crippen LogP contribution < -0.4 is 5.73 Å². The summed E-state index contributed by atoms with van der Waals surface area (Å²) in [6, 6.07) is 6.98. The van der Waals surface area contributed by atoms with Crippen LogP contribution in [0.15, 0.2) is 23.1 Å². The molecule has 0 aromatic heterocycles. The van der Waals surface area contributed by atoms with Crippen molar-refractivity contribution in [2.24, 2.45) is 5.41 Å². The summed E-state index contributed by atoms with van der Waals surface area (Å²) >= 11 is 0. The minimum absolute atomic E-state index is 0.0584. The second-order valence-corrected chi connectivity index (χ2v) is 7.52. The third kappa shape index (κ3) is 4.25. The number of nitrogens with zero attached hydrogens (tertiary/aromatic N) is 1. The number of rotatable bonds is 5. The molecule has 0 aliphatic heterocycles. The van der Waals surface area contributed by atoms with E-state index in [2.05, 4.69) is 6.07 Å². The van der Waals surface area contributed by atoms with E-state index in [4.69, 9.17) is 11.0 Å². The Labute approximate surface area is 115 Å². The van der Waals surface area contributed by atoms with Gasteiger partial charge in [0.1, 0.15) is 0 Å². The molecule has 1 rings (SSSR count). The number of anilines is 1. The maximum Gasteiger partial charge on any atom is 0.178 e. The van der Waals surface area contributed by atoms with E-state index in [1.165, 1.54) is 0 Å². The monoisotopic (exact) mass is 280 g/mol. The molecule has 0 bridgehead atoms. The lowest BCUT2D eigenvalue weighted by Gasteiger charge is -2.15. The van der Waals surface area contributed by atoms with Crippen LogP contribution in [0.1, 0.15) is 32.3 Å². The number of benzene rings is 1. The quantitative estimate of drug-likeness (QED) is 0.840. The van der Waals surface area contributed by atoms with Crippen LogP contribution in [-0.4, -0.2) is 14.2 Å². The SMILES string of the molecule is Cc1cc(N)ccc1S(=O)(=O)CCCC(C)(C)C#N. The first kappa shape index (κ1) is 15.5. The Kier molecular flexibility index (Phi) is 4.59. The molecule has 2 N–H and O–H groups in total. The molecule has 1 aromatic rings. The molecule has 0 amide bonds. The number of sulfone groups is 1. The molecule has 0 aliphatic carbocycles. The summed E-state index contributed by atoms with van der Waals surface area (Å²) in [6.45, 7) is 5.37. The molecule has 104 valence electrons. The van der Waals surface area contributed by atoms with Gasteiger partial charge >= 0.3 is 0 Å². The van der Waals surface area contributed by atoms with Crippen LogP contribution in [-0.2, 0) is 9.84 Å². The fraction of sp³-hybridized carbons (Fsp3) is 0.500. The minimum Gasteiger partial charge on any atom is -0.399 e. The Morgan fingerprint density at radius 3 is 2.53 bits per heavy atom. The third-order valence-corrected chi connectivity index (χ3v) is 5.01. The largest absolute Gasteiger partial charge is 0.399 e. The van der Waals surface area contributed by atoms with E-state index in [1.807, 2.05) is 13.8 Å². The first-order valence-electron chi connectivity index (χ1n) is 6.18. The Morgan fingerprint density at radius 2 is 2.00 bits per heavy atom. The van der Waals surface area contributed by atoms with E-state index in [9.17, 15) is 8.42 Å². The standard InChI is InChI=1S/C14H20N2O2S/c1-11-9-12(16)5-6-13(11)19(17,18)8-4-7-14(2,3)10-15/h5-6,9H,4,7-8,16H2,1-3H3. The highest BCUT2D eigenvalue weighted by molar-refractivity contribution is 7.91. The molecule has 1 aromatic carbocycles. The van der Waals surface area contributed by atoms with Crippen LogP contribution in [0.4, 0.5) is 5.69 Å². The highest BCUT2D eigenvalue weighted by Gasteiger charge is 2.21.